The molecule has 7 nitrogen and oxygen atoms in total. The predicted molar refractivity (Wildman–Crippen MR) is 94.4 cm³/mol. The van der Waals surface area contributed by atoms with Gasteiger partial charge >= 0.3 is 11.8 Å². The molecule has 7 heteroatoms. The van der Waals surface area contributed by atoms with Gasteiger partial charge in [0.05, 0.1) is 5.52 Å². The molecule has 134 valence electrons. The van der Waals surface area contributed by atoms with Gasteiger partial charge in [-0.2, -0.15) is 0 Å². The van der Waals surface area contributed by atoms with Crippen LogP contribution in [-0.2, 0) is 13.6 Å². The second-order valence-corrected chi connectivity index (χ2v) is 7.13. The molecule has 0 aliphatic carbocycles. The smallest absolute Gasteiger partial charge is 0.408 e. The number of fused-ring (bicyclic) bond motifs is 1. The lowest BCUT2D eigenvalue weighted by atomic mass is 9.96. The summed E-state index contributed by atoms with van der Waals surface area (Å²) in [4.78, 5) is 27.6. The SMILES string of the molecule is Cn1c(=O)oc2ccc(CN3CCC(CN4CCNC4=O)CC3)cc21. The van der Waals surface area contributed by atoms with Gasteiger partial charge in [-0.15, -0.1) is 0 Å². The van der Waals surface area contributed by atoms with Crippen LogP contribution >= 0.6 is 0 Å². The Morgan fingerprint density at radius 2 is 2.00 bits per heavy atom. The number of nitrogens with zero attached hydrogens (tertiary/aromatic N) is 3. The van der Waals surface area contributed by atoms with Gasteiger partial charge in [-0.25, -0.2) is 9.59 Å². The van der Waals surface area contributed by atoms with Gasteiger partial charge in [0, 0.05) is 33.2 Å². The number of aryl methyl sites for hydroxylation is 1. The van der Waals surface area contributed by atoms with Crippen molar-refractivity contribution in [3.05, 3.63) is 34.3 Å². The Morgan fingerprint density at radius 1 is 1.20 bits per heavy atom. The van der Waals surface area contributed by atoms with Crippen molar-refractivity contribution < 1.29 is 9.21 Å². The molecule has 2 saturated heterocycles. The number of amides is 2. The highest BCUT2D eigenvalue weighted by Gasteiger charge is 2.26. The summed E-state index contributed by atoms with van der Waals surface area (Å²) >= 11 is 0. The summed E-state index contributed by atoms with van der Waals surface area (Å²) in [5.41, 5.74) is 2.68. The maximum absolute atomic E-state index is 11.7. The Kier molecular flexibility index (Phi) is 4.25. The molecule has 1 aromatic carbocycles. The molecular formula is C18H24N4O3. The number of benzene rings is 1. The topological polar surface area (TPSA) is 70.7 Å². The number of carbonyl (C=O) groups excluding carboxylic acids is 1. The first-order valence-electron chi connectivity index (χ1n) is 8.94. The van der Waals surface area contributed by atoms with Crippen molar-refractivity contribution in [2.24, 2.45) is 13.0 Å². The summed E-state index contributed by atoms with van der Waals surface area (Å²) in [6.45, 7) is 5.46. The minimum Gasteiger partial charge on any atom is -0.408 e. The molecule has 2 fully saturated rings. The number of piperidine rings is 1. The van der Waals surface area contributed by atoms with Gasteiger partial charge < -0.3 is 14.6 Å². The highest BCUT2D eigenvalue weighted by atomic mass is 16.4. The van der Waals surface area contributed by atoms with Crippen LogP contribution in [0.15, 0.2) is 27.4 Å². The highest BCUT2D eigenvalue weighted by molar-refractivity contribution is 5.76. The van der Waals surface area contributed by atoms with Crippen molar-refractivity contribution in [1.29, 1.82) is 0 Å². The van der Waals surface area contributed by atoms with Gasteiger partial charge in [0.2, 0.25) is 0 Å². The van der Waals surface area contributed by atoms with Crippen LogP contribution in [0.2, 0.25) is 0 Å². The number of hydrogen-bond acceptors (Lipinski definition) is 4. The fourth-order valence-corrected chi connectivity index (χ4v) is 3.85. The van der Waals surface area contributed by atoms with E-state index in [9.17, 15) is 9.59 Å². The van der Waals surface area contributed by atoms with E-state index in [0.717, 1.165) is 57.6 Å². The van der Waals surface area contributed by atoms with Crippen LogP contribution in [0, 0.1) is 5.92 Å². The number of aromatic nitrogens is 1. The fourth-order valence-electron chi connectivity index (χ4n) is 3.85. The molecule has 1 aromatic heterocycles. The fraction of sp³-hybridized carbons (Fsp3) is 0.556. The van der Waals surface area contributed by atoms with Crippen molar-refractivity contribution in [2.45, 2.75) is 19.4 Å². The quantitative estimate of drug-likeness (QED) is 0.909. The number of urea groups is 1. The monoisotopic (exact) mass is 344 g/mol. The summed E-state index contributed by atoms with van der Waals surface area (Å²) in [5.74, 6) is 0.274. The molecule has 0 bridgehead atoms. The van der Waals surface area contributed by atoms with E-state index >= 15 is 0 Å². The molecule has 0 atom stereocenters. The first kappa shape index (κ1) is 16.2. The Balaban J connectivity index is 1.34. The van der Waals surface area contributed by atoms with Crippen LogP contribution in [0.3, 0.4) is 0 Å². The molecule has 2 aliphatic heterocycles. The van der Waals surface area contributed by atoms with E-state index in [0.29, 0.717) is 11.5 Å². The average molecular weight is 344 g/mol. The summed E-state index contributed by atoms with van der Waals surface area (Å²) in [6.07, 6.45) is 2.24. The Hall–Kier alpha value is -2.28. The Bertz CT molecular complexity index is 832. The molecule has 2 amide bonds. The molecule has 3 heterocycles. The number of carbonyl (C=O) groups is 1. The minimum atomic E-state index is -0.320. The third kappa shape index (κ3) is 3.28. The first-order valence-corrected chi connectivity index (χ1v) is 8.94. The summed E-state index contributed by atoms with van der Waals surface area (Å²) in [7, 11) is 1.73. The standard InChI is InChI=1S/C18H24N4O3/c1-20-15-10-14(2-3-16(15)25-18(20)24)11-21-7-4-13(5-8-21)12-22-9-6-19-17(22)23/h2-3,10,13H,4-9,11-12H2,1H3,(H,19,23). The molecule has 25 heavy (non-hydrogen) atoms. The van der Waals surface area contributed by atoms with Gasteiger partial charge in [0.15, 0.2) is 5.58 Å². The second kappa shape index (κ2) is 6.55. The van der Waals surface area contributed by atoms with Gasteiger partial charge in [-0.05, 0) is 49.5 Å². The maximum Gasteiger partial charge on any atom is 0.419 e. The normalized spacial score (nSPS) is 19.7. The zero-order valence-corrected chi connectivity index (χ0v) is 14.5. The first-order chi connectivity index (χ1) is 12.1. The van der Waals surface area contributed by atoms with E-state index in [1.54, 1.807) is 11.6 Å². The van der Waals surface area contributed by atoms with Crippen molar-refractivity contribution in [3.63, 3.8) is 0 Å². The second-order valence-electron chi connectivity index (χ2n) is 7.13. The lowest BCUT2D eigenvalue weighted by Gasteiger charge is -2.33. The molecule has 2 aromatic rings. The van der Waals surface area contributed by atoms with Crippen LogP contribution in [0.5, 0.6) is 0 Å². The Morgan fingerprint density at radius 3 is 2.72 bits per heavy atom. The molecule has 0 radical (unpaired) electrons. The minimum absolute atomic E-state index is 0.0847. The van der Waals surface area contributed by atoms with Crippen LogP contribution in [-0.4, -0.2) is 53.1 Å². The summed E-state index contributed by atoms with van der Waals surface area (Å²) in [5, 5.41) is 2.87. The number of rotatable bonds is 4. The van der Waals surface area contributed by atoms with Crippen LogP contribution in [0.1, 0.15) is 18.4 Å². The molecule has 4 rings (SSSR count). The van der Waals surface area contributed by atoms with E-state index in [1.165, 1.54) is 5.56 Å². The van der Waals surface area contributed by atoms with Crippen molar-refractivity contribution in [1.82, 2.24) is 19.7 Å². The molecule has 0 spiro atoms. The van der Waals surface area contributed by atoms with Crippen molar-refractivity contribution in [2.75, 3.05) is 32.7 Å². The number of oxazole rings is 1. The van der Waals surface area contributed by atoms with Gasteiger partial charge in [-0.3, -0.25) is 9.47 Å². The third-order valence-corrected chi connectivity index (χ3v) is 5.39. The number of hydrogen-bond donors (Lipinski definition) is 1. The molecular weight excluding hydrogens is 320 g/mol. The van der Waals surface area contributed by atoms with E-state index in [-0.39, 0.29) is 11.8 Å². The van der Waals surface area contributed by atoms with Crippen molar-refractivity contribution in [3.8, 4) is 0 Å². The maximum atomic E-state index is 11.7. The van der Waals surface area contributed by atoms with E-state index in [1.807, 2.05) is 23.1 Å². The van der Waals surface area contributed by atoms with Gasteiger partial charge in [-0.1, -0.05) is 6.07 Å². The molecule has 0 unspecified atom stereocenters. The van der Waals surface area contributed by atoms with Crippen LogP contribution in [0.4, 0.5) is 4.79 Å². The number of likely N-dealkylation sites (tertiary alicyclic amines) is 1. The largest absolute Gasteiger partial charge is 0.419 e. The van der Waals surface area contributed by atoms with Crippen molar-refractivity contribution >= 4 is 17.1 Å². The van der Waals surface area contributed by atoms with Gasteiger partial charge in [0.25, 0.3) is 0 Å². The van der Waals surface area contributed by atoms with E-state index < -0.39 is 0 Å². The lowest BCUT2D eigenvalue weighted by Crippen LogP contribution is -2.39. The average Bonchev–Trinajstić information content (AvgIpc) is 3.13. The van der Waals surface area contributed by atoms with Crippen LogP contribution in [0.25, 0.3) is 11.1 Å². The lowest BCUT2D eigenvalue weighted by molar-refractivity contribution is 0.151. The van der Waals surface area contributed by atoms with E-state index in [2.05, 4.69) is 10.2 Å². The number of nitrogens with one attached hydrogen (secondary N) is 1. The van der Waals surface area contributed by atoms with E-state index in [4.69, 9.17) is 4.42 Å². The zero-order chi connectivity index (χ0) is 17.4. The predicted octanol–water partition coefficient (Wildman–Crippen LogP) is 1.37. The molecule has 0 saturated carbocycles. The van der Waals surface area contributed by atoms with Crippen LogP contribution < -0.4 is 11.1 Å². The molecule has 2 aliphatic rings. The summed E-state index contributed by atoms with van der Waals surface area (Å²) in [6, 6.07) is 6.04. The van der Waals surface area contributed by atoms with Gasteiger partial charge in [0.1, 0.15) is 0 Å². The highest BCUT2D eigenvalue weighted by Crippen LogP contribution is 2.22. The third-order valence-electron chi connectivity index (χ3n) is 5.39. The summed E-state index contributed by atoms with van der Waals surface area (Å²) < 4.78 is 6.73. The Labute approximate surface area is 146 Å². The molecule has 1 N–H and O–H groups in total. The zero-order valence-electron chi connectivity index (χ0n) is 14.5.